The Bertz CT molecular complexity index is 203. The molecule has 1 rings (SSSR count). The molecule has 88 valence electrons. The minimum atomic E-state index is 0.292. The van der Waals surface area contributed by atoms with Crippen LogP contribution in [0.25, 0.3) is 0 Å². The number of rotatable bonds is 6. The lowest BCUT2D eigenvalue weighted by molar-refractivity contribution is 0.0756. The van der Waals surface area contributed by atoms with Crippen LogP contribution < -0.4 is 5.73 Å². The summed E-state index contributed by atoms with van der Waals surface area (Å²) >= 11 is 0. The Morgan fingerprint density at radius 3 is 3.00 bits per heavy atom. The fourth-order valence-corrected chi connectivity index (χ4v) is 1.78. The lowest BCUT2D eigenvalue weighted by Gasteiger charge is -2.23. The van der Waals surface area contributed by atoms with Gasteiger partial charge in [-0.2, -0.15) is 0 Å². The predicted octanol–water partition coefficient (Wildman–Crippen LogP) is 0.624. The van der Waals surface area contributed by atoms with E-state index in [9.17, 15) is 0 Å². The number of nitrogens with zero attached hydrogens (tertiary/aromatic N) is 2. The minimum absolute atomic E-state index is 0.292. The fourth-order valence-electron chi connectivity index (χ4n) is 1.78. The molecule has 0 spiro atoms. The van der Waals surface area contributed by atoms with Gasteiger partial charge in [-0.25, -0.2) is 0 Å². The van der Waals surface area contributed by atoms with Crippen molar-refractivity contribution in [3.63, 3.8) is 0 Å². The lowest BCUT2D eigenvalue weighted by Crippen LogP contribution is -2.34. The van der Waals surface area contributed by atoms with Crippen molar-refractivity contribution in [2.24, 2.45) is 10.9 Å². The van der Waals surface area contributed by atoms with Crippen molar-refractivity contribution in [3.8, 4) is 0 Å². The second-order valence-electron chi connectivity index (χ2n) is 3.87. The zero-order valence-electron chi connectivity index (χ0n) is 9.35. The van der Waals surface area contributed by atoms with Crippen LogP contribution in [0.1, 0.15) is 26.2 Å². The molecule has 1 atom stereocenters. The summed E-state index contributed by atoms with van der Waals surface area (Å²) in [4.78, 5) is 2.27. The standard InChI is InChI=1S/C10H21N3O2/c1-2-13(6-5-10(11)12-14)8-9-4-3-7-15-9/h9,14H,2-8H2,1H3,(H2,11,12). The van der Waals surface area contributed by atoms with E-state index in [1.807, 2.05) is 0 Å². The van der Waals surface area contributed by atoms with Crippen LogP contribution in [0.5, 0.6) is 0 Å². The van der Waals surface area contributed by atoms with Gasteiger partial charge in [0.05, 0.1) is 6.10 Å². The highest BCUT2D eigenvalue weighted by atomic mass is 16.5. The van der Waals surface area contributed by atoms with E-state index in [1.54, 1.807) is 0 Å². The van der Waals surface area contributed by atoms with Gasteiger partial charge in [-0.05, 0) is 19.4 Å². The first-order valence-electron chi connectivity index (χ1n) is 5.56. The van der Waals surface area contributed by atoms with Crippen LogP contribution >= 0.6 is 0 Å². The van der Waals surface area contributed by atoms with E-state index >= 15 is 0 Å². The average molecular weight is 215 g/mol. The van der Waals surface area contributed by atoms with E-state index in [2.05, 4.69) is 17.0 Å². The SMILES string of the molecule is CCN(CCC(N)=NO)CC1CCCO1. The van der Waals surface area contributed by atoms with Gasteiger partial charge in [0.15, 0.2) is 0 Å². The predicted molar refractivity (Wildman–Crippen MR) is 59.1 cm³/mol. The third-order valence-corrected chi connectivity index (χ3v) is 2.75. The molecule has 15 heavy (non-hydrogen) atoms. The number of oxime groups is 1. The summed E-state index contributed by atoms with van der Waals surface area (Å²) in [6.45, 7) is 5.75. The summed E-state index contributed by atoms with van der Waals surface area (Å²) in [5.41, 5.74) is 5.43. The Kier molecular flexibility index (Phi) is 5.42. The van der Waals surface area contributed by atoms with Crippen LogP contribution in [-0.4, -0.2) is 48.3 Å². The second kappa shape index (κ2) is 6.63. The lowest BCUT2D eigenvalue weighted by atomic mass is 10.2. The van der Waals surface area contributed by atoms with Crippen molar-refractivity contribution in [1.82, 2.24) is 4.90 Å². The van der Waals surface area contributed by atoms with Gasteiger partial charge in [0, 0.05) is 26.1 Å². The van der Waals surface area contributed by atoms with Gasteiger partial charge in [-0.3, -0.25) is 0 Å². The molecule has 0 aromatic heterocycles. The van der Waals surface area contributed by atoms with Crippen molar-refractivity contribution in [1.29, 1.82) is 0 Å². The molecular formula is C10H21N3O2. The van der Waals surface area contributed by atoms with E-state index in [1.165, 1.54) is 6.42 Å². The first-order valence-corrected chi connectivity index (χ1v) is 5.56. The molecule has 0 aliphatic carbocycles. The Morgan fingerprint density at radius 1 is 1.67 bits per heavy atom. The van der Waals surface area contributed by atoms with Crippen LogP contribution in [0.3, 0.4) is 0 Å². The molecule has 0 radical (unpaired) electrons. The van der Waals surface area contributed by atoms with E-state index < -0.39 is 0 Å². The third-order valence-electron chi connectivity index (χ3n) is 2.75. The Morgan fingerprint density at radius 2 is 2.47 bits per heavy atom. The summed E-state index contributed by atoms with van der Waals surface area (Å²) < 4.78 is 5.57. The van der Waals surface area contributed by atoms with E-state index in [4.69, 9.17) is 15.7 Å². The van der Waals surface area contributed by atoms with Gasteiger partial charge in [0.25, 0.3) is 0 Å². The highest BCUT2D eigenvalue weighted by molar-refractivity contribution is 5.79. The van der Waals surface area contributed by atoms with Crippen LogP contribution in [0, 0.1) is 0 Å². The molecule has 0 saturated carbocycles. The zero-order chi connectivity index (χ0) is 11.1. The van der Waals surface area contributed by atoms with Gasteiger partial charge in [0.1, 0.15) is 5.84 Å². The molecule has 0 bridgehead atoms. The molecule has 5 nitrogen and oxygen atoms in total. The van der Waals surface area contributed by atoms with E-state index in [0.717, 1.165) is 32.7 Å². The highest BCUT2D eigenvalue weighted by Crippen LogP contribution is 2.13. The maximum atomic E-state index is 8.42. The van der Waals surface area contributed by atoms with E-state index in [0.29, 0.717) is 18.4 Å². The summed E-state index contributed by atoms with van der Waals surface area (Å²) in [6, 6.07) is 0. The summed E-state index contributed by atoms with van der Waals surface area (Å²) in [6.07, 6.45) is 3.30. The molecule has 1 aliphatic rings. The smallest absolute Gasteiger partial charge is 0.140 e. The van der Waals surface area contributed by atoms with Gasteiger partial charge in [0.2, 0.25) is 0 Å². The van der Waals surface area contributed by atoms with Crippen molar-refractivity contribution in [2.45, 2.75) is 32.3 Å². The van der Waals surface area contributed by atoms with Crippen molar-refractivity contribution < 1.29 is 9.94 Å². The average Bonchev–Trinajstić information content (AvgIpc) is 2.76. The second-order valence-corrected chi connectivity index (χ2v) is 3.87. The fraction of sp³-hybridized carbons (Fsp3) is 0.900. The van der Waals surface area contributed by atoms with Crippen molar-refractivity contribution in [2.75, 3.05) is 26.2 Å². The number of nitrogens with two attached hydrogens (primary N) is 1. The number of ether oxygens (including phenoxy) is 1. The van der Waals surface area contributed by atoms with Crippen LogP contribution in [-0.2, 0) is 4.74 Å². The van der Waals surface area contributed by atoms with Crippen LogP contribution in [0.2, 0.25) is 0 Å². The Hall–Kier alpha value is -0.810. The molecule has 5 heteroatoms. The topological polar surface area (TPSA) is 71.1 Å². The molecule has 1 saturated heterocycles. The number of likely N-dealkylation sites (N-methyl/N-ethyl adjacent to an activating group) is 1. The number of hydrogen-bond donors (Lipinski definition) is 2. The largest absolute Gasteiger partial charge is 0.409 e. The monoisotopic (exact) mass is 215 g/mol. The first-order chi connectivity index (χ1) is 7.26. The van der Waals surface area contributed by atoms with Gasteiger partial charge in [-0.15, -0.1) is 0 Å². The molecule has 0 aromatic rings. The molecule has 3 N–H and O–H groups in total. The molecule has 0 amide bonds. The Labute approximate surface area is 90.9 Å². The van der Waals surface area contributed by atoms with Crippen molar-refractivity contribution >= 4 is 5.84 Å². The van der Waals surface area contributed by atoms with Gasteiger partial charge in [-0.1, -0.05) is 12.1 Å². The maximum absolute atomic E-state index is 8.42. The van der Waals surface area contributed by atoms with Gasteiger partial charge < -0.3 is 20.6 Å². The first kappa shape index (κ1) is 12.3. The Balaban J connectivity index is 2.22. The molecule has 0 aromatic carbocycles. The quantitative estimate of drug-likeness (QED) is 0.295. The normalized spacial score (nSPS) is 22.5. The minimum Gasteiger partial charge on any atom is -0.409 e. The summed E-state index contributed by atoms with van der Waals surface area (Å²) in [5.74, 6) is 0.292. The number of hydrogen-bond acceptors (Lipinski definition) is 4. The zero-order valence-corrected chi connectivity index (χ0v) is 9.35. The maximum Gasteiger partial charge on any atom is 0.140 e. The molecular weight excluding hydrogens is 194 g/mol. The molecule has 1 fully saturated rings. The summed E-state index contributed by atoms with van der Waals surface area (Å²) in [5, 5.41) is 11.4. The summed E-state index contributed by atoms with van der Waals surface area (Å²) in [7, 11) is 0. The highest BCUT2D eigenvalue weighted by Gasteiger charge is 2.18. The van der Waals surface area contributed by atoms with Gasteiger partial charge >= 0.3 is 0 Å². The van der Waals surface area contributed by atoms with Crippen LogP contribution in [0.4, 0.5) is 0 Å². The molecule has 1 heterocycles. The van der Waals surface area contributed by atoms with Crippen molar-refractivity contribution in [3.05, 3.63) is 0 Å². The molecule has 1 aliphatic heterocycles. The van der Waals surface area contributed by atoms with Crippen LogP contribution in [0.15, 0.2) is 5.16 Å². The number of amidine groups is 1. The van der Waals surface area contributed by atoms with E-state index in [-0.39, 0.29) is 0 Å². The third kappa shape index (κ3) is 4.48. The molecule has 1 unspecified atom stereocenters.